The molecule has 1 aromatic rings. The maximum absolute atomic E-state index is 13.4. The van der Waals surface area contributed by atoms with Gasteiger partial charge in [0.15, 0.2) is 6.10 Å². The van der Waals surface area contributed by atoms with Gasteiger partial charge in [0.25, 0.3) is 5.91 Å². The van der Waals surface area contributed by atoms with Crippen LogP contribution in [0.5, 0.6) is 0 Å². The van der Waals surface area contributed by atoms with Crippen molar-refractivity contribution in [2.24, 2.45) is 11.8 Å². The molecule has 2 rings (SSSR count). The first-order valence-electron chi connectivity index (χ1n) is 11.6. The van der Waals surface area contributed by atoms with Gasteiger partial charge in [0.1, 0.15) is 12.1 Å². The summed E-state index contributed by atoms with van der Waals surface area (Å²) in [6, 6.07) is 3.46. The van der Waals surface area contributed by atoms with E-state index in [1.165, 1.54) is 30.5 Å². The summed E-state index contributed by atoms with van der Waals surface area (Å²) in [6.07, 6.45) is -4.93. The van der Waals surface area contributed by atoms with Crippen molar-refractivity contribution in [1.82, 2.24) is 15.5 Å². The number of rotatable bonds is 9. The molecular weight excluding hydrogens is 483 g/mol. The van der Waals surface area contributed by atoms with Crippen molar-refractivity contribution < 1.29 is 32.7 Å². The largest absolute Gasteiger partial charge is 0.416 e. The molecule has 0 aromatic heterocycles. The van der Waals surface area contributed by atoms with Gasteiger partial charge in [0, 0.05) is 17.0 Å². The van der Waals surface area contributed by atoms with Crippen molar-refractivity contribution in [3.63, 3.8) is 0 Å². The zero-order chi connectivity index (χ0) is 26.5. The molecule has 35 heavy (non-hydrogen) atoms. The minimum atomic E-state index is -4.89. The van der Waals surface area contributed by atoms with Crippen LogP contribution in [0.1, 0.15) is 50.9 Å². The molecule has 11 heteroatoms. The first-order chi connectivity index (χ1) is 16.3. The molecule has 1 heterocycles. The van der Waals surface area contributed by atoms with Gasteiger partial charge in [0.2, 0.25) is 11.8 Å². The number of nitrogens with one attached hydrogen (secondary N) is 2. The molecule has 0 radical (unpaired) electrons. The summed E-state index contributed by atoms with van der Waals surface area (Å²) in [6.45, 7) is 6.70. The Hall–Kier alpha value is -2.27. The number of aliphatic hydroxyl groups excluding tert-OH is 1. The Balaban J connectivity index is 2.16. The Morgan fingerprint density at radius 2 is 1.66 bits per heavy atom. The van der Waals surface area contributed by atoms with Crippen LogP contribution in [0.25, 0.3) is 0 Å². The molecule has 196 valence electrons. The number of amides is 3. The standard InChI is InChI=1S/C24H34F3N3O4S/c1-13(2)18(20(31)24(25,26)27)28-22(33)17-7-6-12-30(17)23(34)19(14(3)4)29-21(32)15-8-10-16(35-5)11-9-15/h8-11,13-14,17-20,31H,6-7,12H2,1-5H3,(H,28,33)(H,29,32)/t17-,18?,19-,20?/m0/s1. The van der Waals surface area contributed by atoms with E-state index >= 15 is 0 Å². The van der Waals surface area contributed by atoms with Gasteiger partial charge in [-0.25, -0.2) is 0 Å². The molecule has 2 unspecified atom stereocenters. The van der Waals surface area contributed by atoms with Crippen LogP contribution in [-0.4, -0.2) is 70.9 Å². The molecule has 1 fully saturated rings. The number of aliphatic hydroxyl groups is 1. The lowest BCUT2D eigenvalue weighted by Crippen LogP contribution is -2.59. The van der Waals surface area contributed by atoms with Gasteiger partial charge in [-0.1, -0.05) is 27.7 Å². The monoisotopic (exact) mass is 517 g/mol. The first-order valence-corrected chi connectivity index (χ1v) is 12.8. The highest BCUT2D eigenvalue weighted by molar-refractivity contribution is 7.98. The van der Waals surface area contributed by atoms with Gasteiger partial charge < -0.3 is 20.6 Å². The average Bonchev–Trinajstić information content (AvgIpc) is 3.29. The van der Waals surface area contributed by atoms with E-state index in [0.717, 1.165) is 4.90 Å². The highest BCUT2D eigenvalue weighted by atomic mass is 32.2. The molecule has 7 nitrogen and oxygen atoms in total. The zero-order valence-corrected chi connectivity index (χ0v) is 21.4. The lowest BCUT2D eigenvalue weighted by Gasteiger charge is -2.33. The van der Waals surface area contributed by atoms with Crippen molar-refractivity contribution in [3.05, 3.63) is 29.8 Å². The smallest absolute Gasteiger partial charge is 0.382 e. The topological polar surface area (TPSA) is 98.7 Å². The Labute approximate surface area is 208 Å². The summed E-state index contributed by atoms with van der Waals surface area (Å²) in [5.74, 6) is -2.64. The molecule has 1 aromatic carbocycles. The summed E-state index contributed by atoms with van der Waals surface area (Å²) >= 11 is 1.53. The number of hydrogen-bond acceptors (Lipinski definition) is 5. The van der Waals surface area contributed by atoms with E-state index in [2.05, 4.69) is 10.6 Å². The number of benzene rings is 1. The summed E-state index contributed by atoms with van der Waals surface area (Å²) < 4.78 is 39.3. The molecule has 1 aliphatic rings. The van der Waals surface area contributed by atoms with Crippen LogP contribution < -0.4 is 10.6 Å². The highest BCUT2D eigenvalue weighted by Gasteiger charge is 2.46. The fourth-order valence-electron chi connectivity index (χ4n) is 4.04. The zero-order valence-electron chi connectivity index (χ0n) is 20.6. The lowest BCUT2D eigenvalue weighted by atomic mass is 9.97. The number of nitrogens with zero attached hydrogens (tertiary/aromatic N) is 1. The van der Waals surface area contributed by atoms with Crippen molar-refractivity contribution in [2.75, 3.05) is 12.8 Å². The normalized spacial score (nSPS) is 18.9. The highest BCUT2D eigenvalue weighted by Crippen LogP contribution is 2.27. The Morgan fingerprint density at radius 1 is 1.06 bits per heavy atom. The van der Waals surface area contributed by atoms with E-state index in [1.54, 1.807) is 38.1 Å². The van der Waals surface area contributed by atoms with E-state index in [1.807, 2.05) is 6.26 Å². The third-order valence-corrected chi connectivity index (χ3v) is 6.86. The number of thioether (sulfide) groups is 1. The van der Waals surface area contributed by atoms with Crippen molar-refractivity contribution >= 4 is 29.5 Å². The molecule has 3 amide bonds. The van der Waals surface area contributed by atoms with Crippen molar-refractivity contribution in [2.45, 2.75) is 75.8 Å². The number of carbonyl (C=O) groups is 3. The van der Waals surface area contributed by atoms with Gasteiger partial charge in [-0.15, -0.1) is 11.8 Å². The van der Waals surface area contributed by atoms with Gasteiger partial charge >= 0.3 is 6.18 Å². The third kappa shape index (κ3) is 7.36. The number of likely N-dealkylation sites (tertiary alicyclic amines) is 1. The van der Waals surface area contributed by atoms with Crippen molar-refractivity contribution in [3.8, 4) is 0 Å². The van der Waals surface area contributed by atoms with Crippen LogP contribution in [0.4, 0.5) is 13.2 Å². The van der Waals surface area contributed by atoms with E-state index in [0.29, 0.717) is 12.0 Å². The maximum Gasteiger partial charge on any atom is 0.416 e. The minimum Gasteiger partial charge on any atom is -0.382 e. The second kappa shape index (κ2) is 12.1. The van der Waals surface area contributed by atoms with Crippen LogP contribution in [0, 0.1) is 11.8 Å². The number of carbonyl (C=O) groups excluding carboxylic acids is 3. The van der Waals surface area contributed by atoms with Gasteiger partial charge in [-0.2, -0.15) is 13.2 Å². The van der Waals surface area contributed by atoms with Crippen LogP contribution in [0.15, 0.2) is 29.2 Å². The van der Waals surface area contributed by atoms with E-state index in [4.69, 9.17) is 0 Å². The average molecular weight is 518 g/mol. The third-order valence-electron chi connectivity index (χ3n) is 6.11. The van der Waals surface area contributed by atoms with Gasteiger partial charge in [0.05, 0.1) is 6.04 Å². The fourth-order valence-corrected chi connectivity index (χ4v) is 4.44. The van der Waals surface area contributed by atoms with E-state index in [9.17, 15) is 32.7 Å². The summed E-state index contributed by atoms with van der Waals surface area (Å²) in [5.41, 5.74) is 0.387. The quantitative estimate of drug-likeness (QED) is 0.437. The van der Waals surface area contributed by atoms with Crippen LogP contribution in [-0.2, 0) is 9.59 Å². The molecule has 0 saturated carbocycles. The minimum absolute atomic E-state index is 0.243. The predicted molar refractivity (Wildman–Crippen MR) is 128 cm³/mol. The predicted octanol–water partition coefficient (Wildman–Crippen LogP) is 3.22. The van der Waals surface area contributed by atoms with Crippen molar-refractivity contribution in [1.29, 1.82) is 0 Å². The SMILES string of the molecule is CSc1ccc(C(=O)N[C@H](C(=O)N2CCC[C@H]2C(=O)NC(C(C)C)C(O)C(F)(F)F)C(C)C)cc1. The molecule has 1 saturated heterocycles. The Morgan fingerprint density at radius 3 is 2.14 bits per heavy atom. The Kier molecular flexibility index (Phi) is 10.0. The number of hydrogen-bond donors (Lipinski definition) is 3. The fraction of sp³-hybridized carbons (Fsp3) is 0.625. The Bertz CT molecular complexity index is 893. The van der Waals surface area contributed by atoms with E-state index < -0.39 is 54.0 Å². The molecule has 1 aliphatic heterocycles. The summed E-state index contributed by atoms with van der Waals surface area (Å²) in [5, 5.41) is 14.8. The number of halogens is 3. The second-order valence-corrected chi connectivity index (χ2v) is 10.3. The van der Waals surface area contributed by atoms with Gasteiger partial charge in [-0.05, 0) is 55.2 Å². The second-order valence-electron chi connectivity index (χ2n) is 9.38. The van der Waals surface area contributed by atoms with Crippen LogP contribution in [0.2, 0.25) is 0 Å². The molecule has 3 N–H and O–H groups in total. The number of alkyl halides is 3. The lowest BCUT2D eigenvalue weighted by molar-refractivity contribution is -0.215. The summed E-state index contributed by atoms with van der Waals surface area (Å²) in [7, 11) is 0. The maximum atomic E-state index is 13.4. The molecular formula is C24H34F3N3O4S. The molecule has 0 aliphatic carbocycles. The molecule has 0 bridgehead atoms. The van der Waals surface area contributed by atoms with Gasteiger partial charge in [-0.3, -0.25) is 14.4 Å². The first kappa shape index (κ1) is 29.0. The summed E-state index contributed by atoms with van der Waals surface area (Å²) in [4.78, 5) is 41.4. The molecule has 4 atom stereocenters. The van der Waals surface area contributed by atoms with Crippen LogP contribution in [0.3, 0.4) is 0 Å². The van der Waals surface area contributed by atoms with Crippen LogP contribution >= 0.6 is 11.8 Å². The van der Waals surface area contributed by atoms with E-state index in [-0.39, 0.29) is 18.9 Å². The molecule has 0 spiro atoms.